The van der Waals surface area contributed by atoms with Crippen LogP contribution in [0.4, 0.5) is 4.79 Å². The molecule has 0 aliphatic carbocycles. The minimum Gasteiger partial charge on any atom is -0.376 e. The summed E-state index contributed by atoms with van der Waals surface area (Å²) in [5.41, 5.74) is 0. The first-order valence-electron chi connectivity index (χ1n) is 3.81. The van der Waals surface area contributed by atoms with Crippen molar-refractivity contribution in [1.82, 2.24) is 4.90 Å². The molecular weight excluding hydrogens is 196 g/mol. The number of aliphatic hydroxyl groups excluding tert-OH is 5. The normalized spacial score (nSPS) is 11.5. The van der Waals surface area contributed by atoms with Crippen molar-refractivity contribution in [3.8, 4) is 0 Å². The summed E-state index contributed by atoms with van der Waals surface area (Å²) in [6.45, 7) is -4.03. The minimum atomic E-state index is -1.07. The summed E-state index contributed by atoms with van der Waals surface area (Å²) < 4.78 is -1.07. The quantitative estimate of drug-likeness (QED) is 0.244. The third kappa shape index (κ3) is 2.38. The Bertz CT molecular complexity index is 171. The minimum absolute atomic E-state index is 0.558. The molecule has 0 aromatic rings. The van der Waals surface area contributed by atoms with Gasteiger partial charge in [0.25, 0.3) is 0 Å². The van der Waals surface area contributed by atoms with Gasteiger partial charge < -0.3 is 25.5 Å². The number of amides is 2. The van der Waals surface area contributed by atoms with E-state index >= 15 is 0 Å². The summed E-state index contributed by atoms with van der Waals surface area (Å²) in [6, 6.07) is -0.970. The zero-order chi connectivity index (χ0) is 11.2. The summed E-state index contributed by atoms with van der Waals surface area (Å²) >= 11 is 0. The van der Waals surface area contributed by atoms with E-state index in [9.17, 15) is 4.79 Å². The summed E-state index contributed by atoms with van der Waals surface area (Å²) in [6.07, 6.45) is 0. The van der Waals surface area contributed by atoms with Crippen LogP contribution in [0.2, 0.25) is 0 Å². The first-order valence-corrected chi connectivity index (χ1v) is 3.81. The van der Waals surface area contributed by atoms with E-state index in [2.05, 4.69) is 0 Å². The van der Waals surface area contributed by atoms with Gasteiger partial charge in [-0.05, 0) is 0 Å². The third-order valence-corrected chi connectivity index (χ3v) is 1.83. The molecule has 0 radical (unpaired) electrons. The highest BCUT2D eigenvalue weighted by Crippen LogP contribution is 2.08. The van der Waals surface area contributed by atoms with Crippen molar-refractivity contribution in [2.24, 2.45) is 0 Å². The average Bonchev–Trinajstić information content (AvgIpc) is 2.23. The van der Waals surface area contributed by atoms with E-state index in [1.54, 1.807) is 0 Å². The summed E-state index contributed by atoms with van der Waals surface area (Å²) in [5, 5.41) is 43.8. The molecule has 0 saturated heterocycles. The van der Waals surface area contributed by atoms with Gasteiger partial charge in [-0.3, -0.25) is 0 Å². The van der Waals surface area contributed by atoms with Gasteiger partial charge in [-0.15, -0.1) is 0 Å². The fourth-order valence-electron chi connectivity index (χ4n) is 0.781. The lowest BCUT2D eigenvalue weighted by molar-refractivity contribution is -0.909. The van der Waals surface area contributed by atoms with Gasteiger partial charge in [0.05, 0.1) is 0 Å². The predicted molar refractivity (Wildman–Crippen MR) is 42.9 cm³/mol. The number of nitrogens with zero attached hydrogens (tertiary/aromatic N) is 2. The van der Waals surface area contributed by atoms with Crippen LogP contribution in [0.25, 0.3) is 0 Å². The van der Waals surface area contributed by atoms with Crippen molar-refractivity contribution in [2.75, 3.05) is 33.7 Å². The Morgan fingerprint density at radius 2 is 1.29 bits per heavy atom. The van der Waals surface area contributed by atoms with Gasteiger partial charge in [0.1, 0.15) is 13.5 Å². The van der Waals surface area contributed by atoms with Crippen LogP contribution >= 0.6 is 0 Å². The second kappa shape index (κ2) is 5.86. The van der Waals surface area contributed by atoms with Crippen molar-refractivity contribution in [1.29, 1.82) is 0 Å². The maximum absolute atomic E-state index is 11.4. The Labute approximate surface area is 80.4 Å². The van der Waals surface area contributed by atoms with Crippen molar-refractivity contribution in [3.05, 3.63) is 0 Å². The van der Waals surface area contributed by atoms with Crippen molar-refractivity contribution >= 4 is 6.03 Å². The molecule has 0 aliphatic rings. The van der Waals surface area contributed by atoms with E-state index in [0.29, 0.717) is 4.90 Å². The predicted octanol–water partition coefficient (Wildman–Crippen LogP) is -3.03. The molecule has 2 amide bonds. The summed E-state index contributed by atoms with van der Waals surface area (Å²) in [4.78, 5) is 12.0. The molecule has 0 heterocycles. The zero-order valence-corrected chi connectivity index (χ0v) is 7.57. The highest BCUT2D eigenvalue weighted by Gasteiger charge is 2.38. The molecular formula is C6H15N2O6+. The maximum atomic E-state index is 11.4. The monoisotopic (exact) mass is 211 g/mol. The van der Waals surface area contributed by atoms with Crippen molar-refractivity contribution in [3.63, 3.8) is 0 Å². The molecule has 0 aromatic carbocycles. The SMILES string of the molecule is O=C(N(CO)CO)[N+](CO)(CO)CO. The summed E-state index contributed by atoms with van der Waals surface area (Å²) in [7, 11) is 0. The maximum Gasteiger partial charge on any atom is 0.428 e. The van der Waals surface area contributed by atoms with Crippen LogP contribution < -0.4 is 0 Å². The van der Waals surface area contributed by atoms with Crippen LogP contribution in [0.15, 0.2) is 0 Å². The molecule has 0 unspecified atom stereocenters. The van der Waals surface area contributed by atoms with E-state index in [0.717, 1.165) is 0 Å². The number of rotatable bonds is 5. The smallest absolute Gasteiger partial charge is 0.376 e. The van der Waals surface area contributed by atoms with Gasteiger partial charge in [-0.1, -0.05) is 0 Å². The van der Waals surface area contributed by atoms with E-state index in [1.165, 1.54) is 0 Å². The molecule has 0 aromatic heterocycles. The molecule has 0 aliphatic heterocycles. The molecule has 5 N–H and O–H groups in total. The Kier molecular flexibility index (Phi) is 5.53. The average molecular weight is 211 g/mol. The number of carbonyl (C=O) groups excluding carboxylic acids is 1. The van der Waals surface area contributed by atoms with E-state index in [4.69, 9.17) is 25.5 Å². The summed E-state index contributed by atoms with van der Waals surface area (Å²) in [5.74, 6) is 0. The Morgan fingerprint density at radius 1 is 0.929 bits per heavy atom. The lowest BCUT2D eigenvalue weighted by Gasteiger charge is -2.32. The first kappa shape index (κ1) is 13.2. The fourth-order valence-corrected chi connectivity index (χ4v) is 0.781. The molecule has 0 spiro atoms. The lowest BCUT2D eigenvalue weighted by atomic mass is 10.5. The van der Waals surface area contributed by atoms with Crippen molar-refractivity contribution < 1.29 is 34.8 Å². The van der Waals surface area contributed by atoms with Gasteiger partial charge in [-0.2, -0.15) is 4.48 Å². The van der Waals surface area contributed by atoms with Gasteiger partial charge in [0, 0.05) is 0 Å². The molecule has 0 saturated carbocycles. The molecule has 0 bridgehead atoms. The number of aliphatic hydroxyl groups is 5. The van der Waals surface area contributed by atoms with Crippen LogP contribution in [0.1, 0.15) is 0 Å². The molecule has 0 rings (SSSR count). The topological polar surface area (TPSA) is 121 Å². The highest BCUT2D eigenvalue weighted by atomic mass is 16.4. The van der Waals surface area contributed by atoms with Gasteiger partial charge >= 0.3 is 6.03 Å². The van der Waals surface area contributed by atoms with Crippen LogP contribution in [-0.2, 0) is 0 Å². The molecule has 8 heteroatoms. The molecule has 8 nitrogen and oxygen atoms in total. The van der Waals surface area contributed by atoms with Gasteiger partial charge in [-0.25, -0.2) is 9.69 Å². The number of carbonyl (C=O) groups is 1. The Hall–Kier alpha value is -0.770. The standard InChI is InChI=1S/C6H15N2O6/c9-1-7(2-10)6(14)8(3-11,4-12)5-13/h9-13H,1-5H2/q+1. The van der Waals surface area contributed by atoms with Crippen LogP contribution in [0.3, 0.4) is 0 Å². The second-order valence-electron chi connectivity index (χ2n) is 2.67. The molecule has 84 valence electrons. The second-order valence-corrected chi connectivity index (χ2v) is 2.67. The van der Waals surface area contributed by atoms with Crippen LogP contribution in [-0.4, -0.2) is 74.6 Å². The molecule has 0 atom stereocenters. The van der Waals surface area contributed by atoms with E-state index < -0.39 is 44.2 Å². The highest BCUT2D eigenvalue weighted by molar-refractivity contribution is 5.66. The largest absolute Gasteiger partial charge is 0.428 e. The van der Waals surface area contributed by atoms with E-state index in [1.807, 2.05) is 0 Å². The van der Waals surface area contributed by atoms with Crippen molar-refractivity contribution in [2.45, 2.75) is 0 Å². The third-order valence-electron chi connectivity index (χ3n) is 1.83. The lowest BCUT2D eigenvalue weighted by Crippen LogP contribution is -2.60. The zero-order valence-electron chi connectivity index (χ0n) is 7.57. The molecule has 0 fully saturated rings. The number of urea groups is 1. The number of quaternary nitrogens is 1. The van der Waals surface area contributed by atoms with Crippen LogP contribution in [0, 0.1) is 0 Å². The van der Waals surface area contributed by atoms with Crippen LogP contribution in [0.5, 0.6) is 0 Å². The first-order chi connectivity index (χ1) is 6.61. The Balaban J connectivity index is 4.73. The number of hydrogen-bond donors (Lipinski definition) is 5. The Morgan fingerprint density at radius 3 is 1.50 bits per heavy atom. The van der Waals surface area contributed by atoms with Gasteiger partial charge in [0.15, 0.2) is 20.2 Å². The van der Waals surface area contributed by atoms with Gasteiger partial charge in [0.2, 0.25) is 0 Å². The molecule has 14 heavy (non-hydrogen) atoms. The fraction of sp³-hybridized carbons (Fsp3) is 0.833. The number of hydrogen-bond acceptors (Lipinski definition) is 6. The van der Waals surface area contributed by atoms with E-state index in [-0.39, 0.29) is 0 Å².